The van der Waals surface area contributed by atoms with Gasteiger partial charge in [-0.3, -0.25) is 4.79 Å². The lowest BCUT2D eigenvalue weighted by atomic mass is 9.99. The Kier molecular flexibility index (Phi) is 6.63. The van der Waals surface area contributed by atoms with Crippen molar-refractivity contribution in [1.82, 2.24) is 10.2 Å². The van der Waals surface area contributed by atoms with Crippen molar-refractivity contribution in [3.05, 3.63) is 71.8 Å². The van der Waals surface area contributed by atoms with Crippen LogP contribution in [-0.4, -0.2) is 30.4 Å². The fraction of sp³-hybridized carbons (Fsp3) is 0.409. The van der Waals surface area contributed by atoms with Crippen molar-refractivity contribution in [3.63, 3.8) is 0 Å². The van der Waals surface area contributed by atoms with Gasteiger partial charge in [0.1, 0.15) is 0 Å². The molecule has 1 N–H and O–H groups in total. The zero-order chi connectivity index (χ0) is 17.3. The van der Waals surface area contributed by atoms with E-state index < -0.39 is 0 Å². The largest absolute Gasteiger partial charge is 0.342 e. The molecule has 1 heterocycles. The molecule has 0 aromatic heterocycles. The number of nitrogens with one attached hydrogen (secondary N) is 1. The first kappa shape index (κ1) is 17.7. The lowest BCUT2D eigenvalue weighted by molar-refractivity contribution is -0.130. The fourth-order valence-electron chi connectivity index (χ4n) is 3.49. The van der Waals surface area contributed by atoms with Crippen LogP contribution < -0.4 is 5.32 Å². The minimum Gasteiger partial charge on any atom is -0.342 e. The molecule has 0 spiro atoms. The van der Waals surface area contributed by atoms with Crippen LogP contribution in [0.4, 0.5) is 0 Å². The number of benzene rings is 2. The third kappa shape index (κ3) is 5.43. The quantitative estimate of drug-likeness (QED) is 0.866. The average molecular weight is 336 g/mol. The minimum absolute atomic E-state index is 0.152. The molecule has 1 aliphatic heterocycles. The highest BCUT2D eigenvalue weighted by Crippen LogP contribution is 2.18. The number of amides is 1. The van der Waals surface area contributed by atoms with Crippen LogP contribution in [0.1, 0.15) is 42.9 Å². The number of nitrogens with zero attached hydrogens (tertiary/aromatic N) is 1. The molecule has 3 rings (SSSR count). The van der Waals surface area contributed by atoms with Crippen LogP contribution in [0, 0.1) is 0 Å². The van der Waals surface area contributed by atoms with Crippen LogP contribution in [0.2, 0.25) is 0 Å². The fourth-order valence-corrected chi connectivity index (χ4v) is 3.49. The van der Waals surface area contributed by atoms with Crippen molar-refractivity contribution in [1.29, 1.82) is 0 Å². The van der Waals surface area contributed by atoms with Gasteiger partial charge in [0.15, 0.2) is 0 Å². The molecule has 3 heteroatoms. The van der Waals surface area contributed by atoms with Crippen LogP contribution >= 0.6 is 0 Å². The molecule has 1 aliphatic rings. The van der Waals surface area contributed by atoms with Gasteiger partial charge in [0.05, 0.1) is 6.54 Å². The van der Waals surface area contributed by atoms with E-state index in [9.17, 15) is 4.79 Å². The SMILES string of the molecule is O=C(CNC(Cc1ccccc1)c1ccccc1)N1CCCCCC1. The highest BCUT2D eigenvalue weighted by Gasteiger charge is 2.18. The van der Waals surface area contributed by atoms with Gasteiger partial charge in [-0.2, -0.15) is 0 Å². The van der Waals surface area contributed by atoms with E-state index in [0.717, 1.165) is 32.4 Å². The third-order valence-electron chi connectivity index (χ3n) is 4.94. The molecule has 0 aliphatic carbocycles. The molecule has 1 fully saturated rings. The maximum absolute atomic E-state index is 12.6. The number of carbonyl (C=O) groups excluding carboxylic acids is 1. The molecule has 132 valence electrons. The monoisotopic (exact) mass is 336 g/mol. The summed E-state index contributed by atoms with van der Waals surface area (Å²) in [5.74, 6) is 0.232. The smallest absolute Gasteiger partial charge is 0.236 e. The third-order valence-corrected chi connectivity index (χ3v) is 4.94. The number of hydrogen-bond donors (Lipinski definition) is 1. The van der Waals surface area contributed by atoms with Gasteiger partial charge in [-0.15, -0.1) is 0 Å². The number of carbonyl (C=O) groups is 1. The molecule has 1 atom stereocenters. The Morgan fingerprint density at radius 1 is 0.880 bits per heavy atom. The maximum atomic E-state index is 12.6. The number of hydrogen-bond acceptors (Lipinski definition) is 2. The van der Waals surface area contributed by atoms with E-state index in [1.807, 2.05) is 17.0 Å². The number of likely N-dealkylation sites (tertiary alicyclic amines) is 1. The molecule has 1 unspecified atom stereocenters. The van der Waals surface area contributed by atoms with Gasteiger partial charge in [-0.05, 0) is 30.4 Å². The Hall–Kier alpha value is -2.13. The first-order chi connectivity index (χ1) is 12.3. The second-order valence-corrected chi connectivity index (χ2v) is 6.83. The van der Waals surface area contributed by atoms with Crippen LogP contribution in [0.25, 0.3) is 0 Å². The zero-order valence-electron chi connectivity index (χ0n) is 14.9. The maximum Gasteiger partial charge on any atom is 0.236 e. The Labute approximate surface area is 151 Å². The van der Waals surface area contributed by atoms with Gasteiger partial charge in [0, 0.05) is 19.1 Å². The Morgan fingerprint density at radius 3 is 2.12 bits per heavy atom. The van der Waals surface area contributed by atoms with Gasteiger partial charge >= 0.3 is 0 Å². The second-order valence-electron chi connectivity index (χ2n) is 6.83. The van der Waals surface area contributed by atoms with Gasteiger partial charge in [-0.1, -0.05) is 73.5 Å². The first-order valence-electron chi connectivity index (χ1n) is 9.43. The Bertz CT molecular complexity index is 634. The predicted octanol–water partition coefficient (Wildman–Crippen LogP) is 3.96. The van der Waals surface area contributed by atoms with E-state index in [4.69, 9.17) is 0 Å². The molecule has 2 aromatic carbocycles. The summed E-state index contributed by atoms with van der Waals surface area (Å²) in [6.07, 6.45) is 5.66. The standard InChI is InChI=1S/C22H28N2O/c25-22(24-15-9-1-2-10-16-24)18-23-21(20-13-7-4-8-14-20)17-19-11-5-3-6-12-19/h3-8,11-14,21,23H,1-2,9-10,15-18H2. The summed E-state index contributed by atoms with van der Waals surface area (Å²) in [5.41, 5.74) is 2.51. The van der Waals surface area contributed by atoms with E-state index >= 15 is 0 Å². The molecule has 1 saturated heterocycles. The van der Waals surface area contributed by atoms with Crippen molar-refractivity contribution in [2.75, 3.05) is 19.6 Å². The lowest BCUT2D eigenvalue weighted by Crippen LogP contribution is -2.40. The average Bonchev–Trinajstić information content (AvgIpc) is 2.96. The summed E-state index contributed by atoms with van der Waals surface area (Å²) in [5, 5.41) is 3.51. The predicted molar refractivity (Wildman–Crippen MR) is 102 cm³/mol. The summed E-state index contributed by atoms with van der Waals surface area (Å²) in [7, 11) is 0. The van der Waals surface area contributed by atoms with E-state index in [0.29, 0.717) is 6.54 Å². The molecular formula is C22H28N2O. The van der Waals surface area contributed by atoms with Crippen molar-refractivity contribution in [2.24, 2.45) is 0 Å². The van der Waals surface area contributed by atoms with Crippen LogP contribution in [0.5, 0.6) is 0 Å². The van der Waals surface area contributed by atoms with Crippen molar-refractivity contribution in [2.45, 2.75) is 38.1 Å². The summed E-state index contributed by atoms with van der Waals surface area (Å²) < 4.78 is 0. The molecule has 1 amide bonds. The molecule has 25 heavy (non-hydrogen) atoms. The Balaban J connectivity index is 1.64. The topological polar surface area (TPSA) is 32.3 Å². The van der Waals surface area contributed by atoms with E-state index in [1.54, 1.807) is 0 Å². The molecule has 0 bridgehead atoms. The van der Waals surface area contributed by atoms with Gasteiger partial charge in [0.25, 0.3) is 0 Å². The van der Waals surface area contributed by atoms with Crippen LogP contribution in [0.15, 0.2) is 60.7 Å². The van der Waals surface area contributed by atoms with Crippen LogP contribution in [-0.2, 0) is 11.2 Å². The summed E-state index contributed by atoms with van der Waals surface area (Å²) in [6.45, 7) is 2.23. The van der Waals surface area contributed by atoms with Crippen molar-refractivity contribution >= 4 is 5.91 Å². The molecule has 0 radical (unpaired) electrons. The second kappa shape index (κ2) is 9.38. The minimum atomic E-state index is 0.152. The molecule has 3 nitrogen and oxygen atoms in total. The normalized spacial score (nSPS) is 16.2. The van der Waals surface area contributed by atoms with E-state index in [2.05, 4.69) is 53.8 Å². The molecule has 2 aromatic rings. The highest BCUT2D eigenvalue weighted by molar-refractivity contribution is 5.78. The summed E-state index contributed by atoms with van der Waals surface area (Å²) in [4.78, 5) is 14.6. The Morgan fingerprint density at radius 2 is 1.48 bits per heavy atom. The van der Waals surface area contributed by atoms with Gasteiger partial charge in [-0.25, -0.2) is 0 Å². The van der Waals surface area contributed by atoms with Crippen molar-refractivity contribution in [3.8, 4) is 0 Å². The lowest BCUT2D eigenvalue weighted by Gasteiger charge is -2.24. The van der Waals surface area contributed by atoms with Crippen molar-refractivity contribution < 1.29 is 4.79 Å². The van der Waals surface area contributed by atoms with Crippen LogP contribution in [0.3, 0.4) is 0 Å². The highest BCUT2D eigenvalue weighted by atomic mass is 16.2. The van der Waals surface area contributed by atoms with Gasteiger partial charge < -0.3 is 10.2 Å². The van der Waals surface area contributed by atoms with E-state index in [1.165, 1.54) is 24.0 Å². The zero-order valence-corrected chi connectivity index (χ0v) is 14.9. The summed E-state index contributed by atoms with van der Waals surface area (Å²) >= 11 is 0. The first-order valence-corrected chi connectivity index (χ1v) is 9.43. The molecular weight excluding hydrogens is 308 g/mol. The van der Waals surface area contributed by atoms with Gasteiger partial charge in [0.2, 0.25) is 5.91 Å². The molecule has 0 saturated carbocycles. The summed E-state index contributed by atoms with van der Waals surface area (Å²) in [6, 6.07) is 21.1. The van der Waals surface area contributed by atoms with E-state index in [-0.39, 0.29) is 11.9 Å². The number of rotatable bonds is 6.